The Labute approximate surface area is 159 Å². The van der Waals surface area contributed by atoms with Gasteiger partial charge >= 0.3 is 6.03 Å². The van der Waals surface area contributed by atoms with Crippen LogP contribution < -0.4 is 15.4 Å². The first-order valence-electron chi connectivity index (χ1n) is 8.98. The summed E-state index contributed by atoms with van der Waals surface area (Å²) < 4.78 is 28.7. The van der Waals surface area contributed by atoms with Crippen LogP contribution in [0.3, 0.4) is 0 Å². The van der Waals surface area contributed by atoms with Crippen LogP contribution in [-0.4, -0.2) is 37.3 Å². The third-order valence-electron chi connectivity index (χ3n) is 4.71. The topological polar surface area (TPSA) is 105 Å². The van der Waals surface area contributed by atoms with Gasteiger partial charge in [-0.2, -0.15) is 5.10 Å². The lowest BCUT2D eigenvalue weighted by molar-refractivity contribution is 0.235. The first-order valence-corrected chi connectivity index (χ1v) is 10.5. The number of benzene rings is 1. The zero-order chi connectivity index (χ0) is 19.4. The van der Waals surface area contributed by atoms with Crippen molar-refractivity contribution in [2.24, 2.45) is 7.05 Å². The smallest absolute Gasteiger partial charge is 0.315 e. The van der Waals surface area contributed by atoms with Crippen LogP contribution in [0.2, 0.25) is 0 Å². The van der Waals surface area contributed by atoms with Crippen molar-refractivity contribution in [3.63, 3.8) is 0 Å². The SMILES string of the molecule is Cc1ccc(S(=O)(=O)NCCNC(=O)NC2CCCc3c2cnn3C)cc1. The van der Waals surface area contributed by atoms with Crippen molar-refractivity contribution in [2.75, 3.05) is 13.1 Å². The van der Waals surface area contributed by atoms with Crippen LogP contribution in [0.15, 0.2) is 35.4 Å². The highest BCUT2D eigenvalue weighted by atomic mass is 32.2. The number of nitrogens with one attached hydrogen (secondary N) is 3. The standard InChI is InChI=1S/C18H25N5O3S/c1-13-6-8-14(9-7-13)27(25,26)21-11-10-19-18(24)22-16-4-3-5-17-15(16)12-20-23(17)2/h6-9,12,16,21H,3-5,10-11H2,1-2H3,(H2,19,22,24). The van der Waals surface area contributed by atoms with Crippen LogP contribution in [0, 0.1) is 6.92 Å². The molecule has 1 unspecified atom stereocenters. The lowest BCUT2D eigenvalue weighted by atomic mass is 9.93. The lowest BCUT2D eigenvalue weighted by Gasteiger charge is -2.24. The highest BCUT2D eigenvalue weighted by Gasteiger charge is 2.24. The van der Waals surface area contributed by atoms with Gasteiger partial charge in [0.25, 0.3) is 0 Å². The number of carbonyl (C=O) groups is 1. The maximum absolute atomic E-state index is 12.2. The van der Waals surface area contributed by atoms with Crippen LogP contribution in [0.4, 0.5) is 4.79 Å². The third-order valence-corrected chi connectivity index (χ3v) is 6.19. The first-order chi connectivity index (χ1) is 12.9. The van der Waals surface area contributed by atoms with Crippen molar-refractivity contribution in [2.45, 2.75) is 37.1 Å². The number of sulfonamides is 1. The number of fused-ring (bicyclic) bond motifs is 1. The van der Waals surface area contributed by atoms with Gasteiger partial charge in [0.05, 0.1) is 17.1 Å². The van der Waals surface area contributed by atoms with E-state index in [-0.39, 0.29) is 30.1 Å². The van der Waals surface area contributed by atoms with E-state index in [1.54, 1.807) is 30.5 Å². The van der Waals surface area contributed by atoms with Gasteiger partial charge in [0.1, 0.15) is 0 Å². The molecule has 27 heavy (non-hydrogen) atoms. The van der Waals surface area contributed by atoms with Crippen molar-refractivity contribution >= 4 is 16.1 Å². The zero-order valence-corrected chi connectivity index (χ0v) is 16.3. The number of hydrogen-bond acceptors (Lipinski definition) is 4. The number of aryl methyl sites for hydroxylation is 2. The van der Waals surface area contributed by atoms with Crippen LogP contribution in [0.1, 0.15) is 35.7 Å². The molecule has 0 spiro atoms. The van der Waals surface area contributed by atoms with Gasteiger partial charge in [0.2, 0.25) is 10.0 Å². The maximum atomic E-state index is 12.2. The Kier molecular flexibility index (Phi) is 5.81. The lowest BCUT2D eigenvalue weighted by Crippen LogP contribution is -2.42. The molecule has 0 saturated carbocycles. The van der Waals surface area contributed by atoms with Gasteiger partial charge in [-0.05, 0) is 38.3 Å². The van der Waals surface area contributed by atoms with E-state index < -0.39 is 10.0 Å². The van der Waals surface area contributed by atoms with Gasteiger partial charge in [-0.1, -0.05) is 17.7 Å². The third kappa shape index (κ3) is 4.67. The van der Waals surface area contributed by atoms with Crippen LogP contribution in [0.25, 0.3) is 0 Å². The van der Waals surface area contributed by atoms with Gasteiger partial charge in [-0.15, -0.1) is 0 Å². The summed E-state index contributed by atoms with van der Waals surface area (Å²) in [6, 6.07) is 6.24. The van der Waals surface area contributed by atoms with Crippen molar-refractivity contribution in [3.8, 4) is 0 Å². The predicted octanol–water partition coefficient (Wildman–Crippen LogP) is 1.38. The molecular weight excluding hydrogens is 366 g/mol. The fourth-order valence-corrected chi connectivity index (χ4v) is 4.26. The Morgan fingerprint density at radius 3 is 2.74 bits per heavy atom. The Balaban J connectivity index is 1.46. The fraction of sp³-hybridized carbons (Fsp3) is 0.444. The summed E-state index contributed by atoms with van der Waals surface area (Å²) in [5.74, 6) is 0. The highest BCUT2D eigenvalue weighted by Crippen LogP contribution is 2.28. The van der Waals surface area contributed by atoms with E-state index in [9.17, 15) is 13.2 Å². The molecule has 146 valence electrons. The van der Waals surface area contributed by atoms with Gasteiger partial charge in [-0.25, -0.2) is 17.9 Å². The van der Waals surface area contributed by atoms with Crippen molar-refractivity contribution < 1.29 is 13.2 Å². The second kappa shape index (κ2) is 8.10. The molecule has 3 N–H and O–H groups in total. The predicted molar refractivity (Wildman–Crippen MR) is 102 cm³/mol. The van der Waals surface area contributed by atoms with E-state index in [1.165, 1.54) is 0 Å². The van der Waals surface area contributed by atoms with E-state index in [1.807, 2.05) is 18.7 Å². The summed E-state index contributed by atoms with van der Waals surface area (Å²) >= 11 is 0. The second-order valence-corrected chi connectivity index (χ2v) is 8.49. The molecule has 0 saturated heterocycles. The Bertz CT molecular complexity index is 906. The highest BCUT2D eigenvalue weighted by molar-refractivity contribution is 7.89. The van der Waals surface area contributed by atoms with Gasteiger partial charge in [-0.3, -0.25) is 4.68 Å². The molecule has 1 aromatic heterocycles. The summed E-state index contributed by atoms with van der Waals surface area (Å²) in [6.07, 6.45) is 4.63. The molecular formula is C18H25N5O3S. The summed E-state index contributed by atoms with van der Waals surface area (Å²) in [4.78, 5) is 12.3. The maximum Gasteiger partial charge on any atom is 0.315 e. The molecule has 9 heteroatoms. The molecule has 1 heterocycles. The molecule has 1 aromatic carbocycles. The monoisotopic (exact) mass is 391 g/mol. The second-order valence-electron chi connectivity index (χ2n) is 6.73. The van der Waals surface area contributed by atoms with E-state index in [4.69, 9.17) is 0 Å². The van der Waals surface area contributed by atoms with E-state index in [0.29, 0.717) is 0 Å². The summed E-state index contributed by atoms with van der Waals surface area (Å²) in [5.41, 5.74) is 3.20. The average Bonchev–Trinajstić information content (AvgIpc) is 3.01. The molecule has 1 aliphatic rings. The number of amides is 2. The fourth-order valence-electron chi connectivity index (χ4n) is 3.23. The summed E-state index contributed by atoms with van der Waals surface area (Å²) in [5, 5.41) is 9.90. The van der Waals surface area contributed by atoms with Crippen LogP contribution in [-0.2, 0) is 23.5 Å². The van der Waals surface area contributed by atoms with Gasteiger partial charge in [0.15, 0.2) is 0 Å². The van der Waals surface area contributed by atoms with E-state index in [2.05, 4.69) is 20.5 Å². The number of rotatable bonds is 6. The molecule has 3 rings (SSSR count). The molecule has 0 fully saturated rings. The molecule has 2 amide bonds. The minimum absolute atomic E-state index is 0.0632. The van der Waals surface area contributed by atoms with Crippen LogP contribution in [0.5, 0.6) is 0 Å². The molecule has 8 nitrogen and oxygen atoms in total. The van der Waals surface area contributed by atoms with Crippen molar-refractivity contribution in [1.82, 2.24) is 25.1 Å². The minimum Gasteiger partial charge on any atom is -0.337 e. The zero-order valence-electron chi connectivity index (χ0n) is 15.5. The number of urea groups is 1. The van der Waals surface area contributed by atoms with Crippen LogP contribution >= 0.6 is 0 Å². The van der Waals surface area contributed by atoms with Crippen molar-refractivity contribution in [1.29, 1.82) is 0 Å². The normalized spacial score (nSPS) is 16.6. The first kappa shape index (κ1) is 19.4. The van der Waals surface area contributed by atoms with Gasteiger partial charge < -0.3 is 10.6 Å². The number of hydrogen-bond donors (Lipinski definition) is 3. The quantitative estimate of drug-likeness (QED) is 0.647. The largest absolute Gasteiger partial charge is 0.337 e. The molecule has 1 atom stereocenters. The Morgan fingerprint density at radius 1 is 1.26 bits per heavy atom. The molecule has 0 aliphatic heterocycles. The van der Waals surface area contributed by atoms with Crippen molar-refractivity contribution in [3.05, 3.63) is 47.3 Å². The summed E-state index contributed by atoms with van der Waals surface area (Å²) in [7, 11) is -1.67. The summed E-state index contributed by atoms with van der Waals surface area (Å²) in [6.45, 7) is 2.21. The van der Waals surface area contributed by atoms with E-state index >= 15 is 0 Å². The Hall–Kier alpha value is -2.39. The number of aromatic nitrogens is 2. The Morgan fingerprint density at radius 2 is 2.00 bits per heavy atom. The number of nitrogens with zero attached hydrogens (tertiary/aromatic N) is 2. The molecule has 2 aromatic rings. The minimum atomic E-state index is -3.57. The van der Waals surface area contributed by atoms with Gasteiger partial charge in [0, 0.05) is 31.4 Å². The number of carbonyl (C=O) groups excluding carboxylic acids is 1. The van der Waals surface area contributed by atoms with E-state index in [0.717, 1.165) is 36.1 Å². The average molecular weight is 391 g/mol. The molecule has 1 aliphatic carbocycles. The molecule has 0 radical (unpaired) electrons. The molecule has 0 bridgehead atoms.